The molecule has 0 radical (unpaired) electrons. The van der Waals surface area contributed by atoms with Gasteiger partial charge in [0.05, 0.1) is 38.5 Å². The first-order chi connectivity index (χ1) is 24.1. The molecule has 294 valence electrons. The average Bonchev–Trinajstić information content (AvgIpc) is 3.49. The van der Waals surface area contributed by atoms with Crippen LogP contribution in [0.5, 0.6) is 17.2 Å². The van der Waals surface area contributed by atoms with Crippen LogP contribution >= 0.6 is 11.8 Å². The number of benzene rings is 3. The van der Waals surface area contributed by atoms with Crippen LogP contribution in [0, 0.1) is 17.5 Å². The lowest BCUT2D eigenvalue weighted by Gasteiger charge is -2.23. The summed E-state index contributed by atoms with van der Waals surface area (Å²) in [6.45, 7) is -0.379. The molecule has 0 aliphatic carbocycles. The van der Waals surface area contributed by atoms with Gasteiger partial charge in [-0.15, -0.1) is 0 Å². The number of rotatable bonds is 19. The van der Waals surface area contributed by atoms with Crippen LogP contribution in [0.3, 0.4) is 0 Å². The first-order valence-corrected chi connectivity index (χ1v) is 19.4. The van der Waals surface area contributed by atoms with E-state index in [2.05, 4.69) is 4.98 Å². The molecule has 8 N–H and O–H groups in total. The number of nitrogens with zero attached hydrogens (tertiary/aromatic N) is 4. The minimum atomic E-state index is -4.32. The predicted octanol–water partition coefficient (Wildman–Crippen LogP) is 5.54. The molecule has 0 atom stereocenters. The van der Waals surface area contributed by atoms with E-state index in [9.17, 15) is 21.2 Å². The Balaban J connectivity index is 0.00000486. The minimum absolute atomic E-state index is 0. The van der Waals surface area contributed by atoms with Gasteiger partial charge in [-0.2, -0.15) is 16.8 Å². The summed E-state index contributed by atoms with van der Waals surface area (Å²) in [7, 11) is -3.80. The first kappa shape index (κ1) is 45.1. The smallest absolute Gasteiger partial charge is 0.266 e. The number of methoxy groups -OCH3 is 2. The van der Waals surface area contributed by atoms with Gasteiger partial charge in [-0.3, -0.25) is 13.7 Å². The summed E-state index contributed by atoms with van der Waals surface area (Å²) >= 11 is 1.06. The molecule has 0 saturated heterocycles. The summed E-state index contributed by atoms with van der Waals surface area (Å²) < 4.78 is 125. The van der Waals surface area contributed by atoms with Crippen molar-refractivity contribution in [2.24, 2.45) is 0 Å². The highest BCUT2D eigenvalue weighted by Gasteiger charge is 2.21. The van der Waals surface area contributed by atoms with E-state index in [1.54, 1.807) is 42.1 Å². The maximum absolute atomic E-state index is 15.2. The quantitative estimate of drug-likeness (QED) is 0.0518. The number of halogens is 3. The van der Waals surface area contributed by atoms with Gasteiger partial charge >= 0.3 is 0 Å². The number of hydrogen-bond donors (Lipinski definition) is 4. The van der Waals surface area contributed by atoms with E-state index in [4.69, 9.17) is 23.3 Å². The second-order valence-corrected chi connectivity index (χ2v) is 15.2. The Morgan fingerprint density at radius 2 is 1.42 bits per heavy atom. The molecule has 0 aliphatic heterocycles. The third-order valence-electron chi connectivity index (χ3n) is 7.57. The van der Waals surface area contributed by atoms with Crippen molar-refractivity contribution in [1.82, 2.24) is 26.8 Å². The van der Waals surface area contributed by atoms with E-state index >= 15 is 8.78 Å². The van der Waals surface area contributed by atoms with E-state index in [1.165, 1.54) is 31.3 Å². The zero-order valence-corrected chi connectivity index (χ0v) is 31.7. The largest absolute Gasteiger partial charge is 0.493 e. The molecule has 0 unspecified atom stereocenters. The zero-order valence-electron chi connectivity index (χ0n) is 29.2. The Morgan fingerprint density at radius 1 is 0.830 bits per heavy atom. The molecule has 0 fully saturated rings. The number of imidazole rings is 1. The minimum Gasteiger partial charge on any atom is -0.493 e. The lowest BCUT2D eigenvalue weighted by Crippen LogP contribution is -2.34. The van der Waals surface area contributed by atoms with E-state index in [0.29, 0.717) is 33.8 Å². The fraction of sp³-hybridized carbons (Fsp3) is 0.344. The third-order valence-corrected chi connectivity index (χ3v) is 9.95. The van der Waals surface area contributed by atoms with E-state index in [1.807, 2.05) is 11.0 Å². The van der Waals surface area contributed by atoms with Crippen molar-refractivity contribution >= 4 is 43.5 Å². The monoisotopic (exact) mass is 808 g/mol. The molecule has 1 heterocycles. The Morgan fingerprint density at radius 3 is 1.96 bits per heavy atom. The zero-order chi connectivity index (χ0) is 37.3. The highest BCUT2D eigenvalue weighted by molar-refractivity contribution is 7.98. The lowest BCUT2D eigenvalue weighted by atomic mass is 10.2. The van der Waals surface area contributed by atoms with E-state index in [0.717, 1.165) is 23.9 Å². The molecule has 0 bridgehead atoms. The number of thioether (sulfide) groups is 1. The van der Waals surface area contributed by atoms with Crippen LogP contribution in [-0.4, -0.2) is 99.4 Å². The van der Waals surface area contributed by atoms with Crippen LogP contribution in [0.2, 0.25) is 0 Å². The van der Waals surface area contributed by atoms with Crippen LogP contribution < -0.4 is 31.4 Å². The van der Waals surface area contributed by atoms with Crippen LogP contribution in [0.4, 0.5) is 24.7 Å². The van der Waals surface area contributed by atoms with Gasteiger partial charge in [0.2, 0.25) is 0 Å². The Kier molecular flexibility index (Phi) is 16.9. The van der Waals surface area contributed by atoms with Crippen LogP contribution in [0.25, 0.3) is 5.69 Å². The van der Waals surface area contributed by atoms with Gasteiger partial charge in [-0.1, -0.05) is 11.8 Å². The van der Waals surface area contributed by atoms with Gasteiger partial charge in [0.25, 0.3) is 20.2 Å². The molecule has 0 aliphatic rings. The molecule has 4 rings (SSSR count). The Hall–Kier alpha value is -4.09. The van der Waals surface area contributed by atoms with E-state index < -0.39 is 49.2 Å². The number of anilines is 2. The second-order valence-electron chi connectivity index (χ2n) is 11.1. The summed E-state index contributed by atoms with van der Waals surface area (Å²) in [5, 5.41) is 0.371. The normalized spacial score (nSPS) is 11.5. The van der Waals surface area contributed by atoms with Crippen molar-refractivity contribution < 1.29 is 53.3 Å². The second kappa shape index (κ2) is 19.8. The molecule has 3 aromatic carbocycles. The van der Waals surface area contributed by atoms with Crippen molar-refractivity contribution in [2.75, 3.05) is 63.9 Å². The molecule has 0 saturated carbocycles. The number of aromatic nitrogens is 2. The fourth-order valence-corrected chi connectivity index (χ4v) is 6.89. The molecule has 53 heavy (non-hydrogen) atoms. The standard InChI is InChI=1S/C32H37F3N4O9S3.2H3N/c1-37(24-9-10-29(46-2)30(17-24)47-3)31-20-36-32(39(31)23-7-5-22(33)6-8-23)49-21-26-27(34)18-25(19-28(26)35)48-14-4-11-38(12-15-50(40,41)42)13-16-51(43,44)45;;/h5-10,17-20H,4,11-16,21H2,1-3H3,(H,40,41,42)(H,43,44,45);2*1H3. The highest BCUT2D eigenvalue weighted by atomic mass is 32.2. The average molecular weight is 809 g/mol. The topological polar surface area (TPSA) is 231 Å². The first-order valence-electron chi connectivity index (χ1n) is 15.2. The van der Waals surface area contributed by atoms with Crippen LogP contribution in [-0.2, 0) is 26.0 Å². The molecule has 21 heteroatoms. The predicted molar refractivity (Wildman–Crippen MR) is 196 cm³/mol. The van der Waals surface area contributed by atoms with Crippen LogP contribution in [0.1, 0.15) is 12.0 Å². The van der Waals surface area contributed by atoms with Gasteiger partial charge in [-0.25, -0.2) is 18.2 Å². The Bertz CT molecular complexity index is 1960. The van der Waals surface area contributed by atoms with Crippen molar-refractivity contribution in [2.45, 2.75) is 17.3 Å². The Labute approximate surface area is 310 Å². The van der Waals surface area contributed by atoms with E-state index in [-0.39, 0.29) is 62.0 Å². The molecular weight excluding hydrogens is 766 g/mol. The third kappa shape index (κ3) is 13.1. The fourth-order valence-electron chi connectivity index (χ4n) is 4.90. The number of hydrogen-bond acceptors (Lipinski definition) is 13. The molecule has 0 amide bonds. The number of ether oxygens (including phenoxy) is 3. The highest BCUT2D eigenvalue weighted by Crippen LogP contribution is 2.37. The molecule has 1 aromatic heterocycles. The SMILES string of the molecule is COc1ccc(N(C)c2cnc(SCc3c(F)cc(OCCCN(CCS(=O)(=O)O)CCS(=O)(=O)O)cc3F)n2-c2ccc(F)cc2)cc1OC.N.N. The lowest BCUT2D eigenvalue weighted by molar-refractivity contribution is 0.247. The molecule has 15 nitrogen and oxygen atoms in total. The van der Waals surface area contributed by atoms with Gasteiger partial charge in [0, 0.05) is 67.6 Å². The summed E-state index contributed by atoms with van der Waals surface area (Å²) in [6, 6.07) is 13.1. The van der Waals surface area contributed by atoms with Gasteiger partial charge < -0.3 is 36.3 Å². The van der Waals surface area contributed by atoms with Crippen molar-refractivity contribution in [3.63, 3.8) is 0 Å². The maximum Gasteiger partial charge on any atom is 0.266 e. The molecule has 4 aromatic rings. The molecular formula is C32H43F3N6O9S3. The summed E-state index contributed by atoms with van der Waals surface area (Å²) in [4.78, 5) is 7.72. The van der Waals surface area contributed by atoms with Gasteiger partial charge in [0.1, 0.15) is 29.0 Å². The van der Waals surface area contributed by atoms with Gasteiger partial charge in [-0.05, 0) is 42.8 Å². The molecule has 0 spiro atoms. The van der Waals surface area contributed by atoms with Crippen LogP contribution in [0.15, 0.2) is 66.0 Å². The van der Waals surface area contributed by atoms with Crippen molar-refractivity contribution in [1.29, 1.82) is 0 Å². The van der Waals surface area contributed by atoms with Gasteiger partial charge in [0.15, 0.2) is 16.7 Å². The van der Waals surface area contributed by atoms with Crippen molar-refractivity contribution in [3.8, 4) is 22.9 Å². The summed E-state index contributed by atoms with van der Waals surface area (Å²) in [5.74, 6) is -2.17. The summed E-state index contributed by atoms with van der Waals surface area (Å²) in [6.07, 6.45) is 1.78. The maximum atomic E-state index is 15.2. The summed E-state index contributed by atoms with van der Waals surface area (Å²) in [5.41, 5.74) is 1.03. The van der Waals surface area contributed by atoms with Crippen molar-refractivity contribution in [3.05, 3.63) is 83.8 Å².